The van der Waals surface area contributed by atoms with Crippen LogP contribution in [0.3, 0.4) is 0 Å². The number of thiazole rings is 1. The Labute approximate surface area is 208 Å². The molecule has 1 atom stereocenters. The van der Waals surface area contributed by atoms with E-state index in [4.69, 9.17) is 4.98 Å². The third kappa shape index (κ3) is 4.75. The molecule has 0 spiro atoms. The second-order valence-corrected chi connectivity index (χ2v) is 12.1. The van der Waals surface area contributed by atoms with Crippen molar-refractivity contribution in [2.45, 2.75) is 76.3 Å². The number of piperidine rings is 1. The van der Waals surface area contributed by atoms with Crippen molar-refractivity contribution in [3.8, 4) is 11.3 Å². The summed E-state index contributed by atoms with van der Waals surface area (Å²) in [7, 11) is 3.56. The van der Waals surface area contributed by atoms with Gasteiger partial charge in [0, 0.05) is 37.1 Å². The number of nitrogens with one attached hydrogen (secondary N) is 1. The van der Waals surface area contributed by atoms with Crippen molar-refractivity contribution >= 4 is 22.4 Å². The quantitative estimate of drug-likeness (QED) is 0.644. The molecule has 2 N–H and O–H groups in total. The molecule has 0 radical (unpaired) electrons. The molecule has 34 heavy (non-hydrogen) atoms. The number of hydrogen-bond donors (Lipinski definition) is 2. The maximum absolute atomic E-state index is 12.6. The molecule has 2 aliphatic rings. The van der Waals surface area contributed by atoms with Crippen molar-refractivity contribution in [2.75, 3.05) is 38.7 Å². The van der Waals surface area contributed by atoms with Crippen LogP contribution in [-0.2, 0) is 15.6 Å². The Morgan fingerprint density at radius 3 is 2.47 bits per heavy atom. The maximum atomic E-state index is 12.6. The predicted octanol–water partition coefficient (Wildman–Crippen LogP) is 4.17. The zero-order valence-electron chi connectivity index (χ0n) is 21.5. The fourth-order valence-electron chi connectivity index (χ4n) is 5.45. The minimum absolute atomic E-state index is 0.0431. The van der Waals surface area contributed by atoms with Crippen molar-refractivity contribution in [1.29, 1.82) is 0 Å². The number of aliphatic hydroxyl groups excluding tert-OH is 1. The number of carbonyl (C=O) groups is 1. The van der Waals surface area contributed by atoms with Gasteiger partial charge in [-0.2, -0.15) is 0 Å². The number of nitrogens with zero attached hydrogens (tertiary/aromatic N) is 3. The van der Waals surface area contributed by atoms with Crippen LogP contribution in [0.25, 0.3) is 11.3 Å². The van der Waals surface area contributed by atoms with Crippen LogP contribution in [-0.4, -0.2) is 66.8 Å². The van der Waals surface area contributed by atoms with Crippen LogP contribution >= 0.6 is 11.3 Å². The number of anilines is 1. The minimum atomic E-state index is -0.531. The number of benzene rings is 1. The Balaban J connectivity index is 1.46. The van der Waals surface area contributed by atoms with E-state index in [0.29, 0.717) is 0 Å². The van der Waals surface area contributed by atoms with Gasteiger partial charge in [0.1, 0.15) is 6.04 Å². The number of hydrogen-bond acceptors (Lipinski definition) is 6. The molecule has 2 aromatic rings. The minimum Gasteiger partial charge on any atom is -0.394 e. The summed E-state index contributed by atoms with van der Waals surface area (Å²) in [6.07, 6.45) is 4.24. The molecule has 1 saturated heterocycles. The van der Waals surface area contributed by atoms with Gasteiger partial charge in [-0.25, -0.2) is 4.98 Å². The highest BCUT2D eigenvalue weighted by Gasteiger charge is 2.37. The van der Waals surface area contributed by atoms with Crippen LogP contribution in [0.15, 0.2) is 23.6 Å². The van der Waals surface area contributed by atoms with Gasteiger partial charge in [0.25, 0.3) is 0 Å². The van der Waals surface area contributed by atoms with E-state index in [2.05, 4.69) is 61.5 Å². The van der Waals surface area contributed by atoms with Crippen molar-refractivity contribution in [3.63, 3.8) is 0 Å². The molecule has 1 aromatic carbocycles. The second kappa shape index (κ2) is 9.59. The molecular weight excluding hydrogens is 444 g/mol. The summed E-state index contributed by atoms with van der Waals surface area (Å²) in [5, 5.41) is 15.6. The summed E-state index contributed by atoms with van der Waals surface area (Å²) in [5.74, 6) is -0.0431. The van der Waals surface area contributed by atoms with Gasteiger partial charge in [-0.15, -0.1) is 11.3 Å². The standard InChI is InChI=1S/C27H40N4O2S/c1-26(2)11-12-27(3,4)21-15-18(7-8-20(21)26)23-17-34-25(29-23)31-13-9-19(10-14-31)30(6)24(33)22(16-32)28-5/h7-8,15,17,19,22,28,32H,9-14,16H2,1-6H3. The average Bonchev–Trinajstić information content (AvgIpc) is 3.32. The van der Waals surface area contributed by atoms with Crippen LogP contribution in [0.2, 0.25) is 0 Å². The Kier molecular flexibility index (Phi) is 7.09. The smallest absolute Gasteiger partial charge is 0.242 e. The Hall–Kier alpha value is -1.96. The lowest BCUT2D eigenvalue weighted by molar-refractivity contribution is -0.135. The summed E-state index contributed by atoms with van der Waals surface area (Å²) in [6.45, 7) is 11.0. The number of aromatic nitrogens is 1. The Morgan fingerprint density at radius 2 is 1.85 bits per heavy atom. The van der Waals surface area contributed by atoms with Crippen molar-refractivity contribution < 1.29 is 9.90 Å². The molecule has 1 aliphatic heterocycles. The van der Waals surface area contributed by atoms with Crippen molar-refractivity contribution in [2.24, 2.45) is 0 Å². The SMILES string of the molecule is CNC(CO)C(=O)N(C)C1CCN(c2nc(-c3ccc4c(c3)C(C)(C)CCC4(C)C)cs2)CC1. The summed E-state index contributed by atoms with van der Waals surface area (Å²) < 4.78 is 0. The molecule has 4 rings (SSSR count). The van der Waals surface area contributed by atoms with Crippen LogP contribution in [0.4, 0.5) is 5.13 Å². The Morgan fingerprint density at radius 1 is 1.21 bits per heavy atom. The van der Waals surface area contributed by atoms with Crippen molar-refractivity contribution in [1.82, 2.24) is 15.2 Å². The third-order valence-electron chi connectivity index (χ3n) is 8.10. The molecule has 6 nitrogen and oxygen atoms in total. The lowest BCUT2D eigenvalue weighted by Gasteiger charge is -2.42. The van der Waals surface area contributed by atoms with Gasteiger partial charge in [0.2, 0.25) is 5.91 Å². The molecule has 2 heterocycles. The Bertz CT molecular complexity index is 1020. The molecule has 1 aliphatic carbocycles. The first kappa shape index (κ1) is 25.1. The van der Waals surface area contributed by atoms with Gasteiger partial charge < -0.3 is 20.2 Å². The van der Waals surface area contributed by atoms with Gasteiger partial charge in [0.05, 0.1) is 12.3 Å². The number of amides is 1. The fraction of sp³-hybridized carbons (Fsp3) is 0.630. The number of fused-ring (bicyclic) bond motifs is 1. The molecule has 1 amide bonds. The second-order valence-electron chi connectivity index (χ2n) is 11.2. The molecule has 1 aromatic heterocycles. The lowest BCUT2D eigenvalue weighted by atomic mass is 9.63. The lowest BCUT2D eigenvalue weighted by Crippen LogP contribution is -2.52. The first-order chi connectivity index (χ1) is 16.1. The maximum Gasteiger partial charge on any atom is 0.242 e. The van der Waals surface area contributed by atoms with Crippen LogP contribution in [0.1, 0.15) is 64.5 Å². The normalized spacial score (nSPS) is 20.6. The average molecular weight is 485 g/mol. The monoisotopic (exact) mass is 484 g/mol. The van der Waals surface area contributed by atoms with Gasteiger partial charge in [-0.3, -0.25) is 4.79 Å². The summed E-state index contributed by atoms with van der Waals surface area (Å²) in [6, 6.07) is 6.61. The summed E-state index contributed by atoms with van der Waals surface area (Å²) in [5.41, 5.74) is 5.61. The first-order valence-corrected chi connectivity index (χ1v) is 13.4. The number of carbonyl (C=O) groups excluding carboxylic acids is 1. The van der Waals surface area contributed by atoms with E-state index in [1.54, 1.807) is 23.3 Å². The molecule has 1 unspecified atom stereocenters. The molecule has 0 saturated carbocycles. The van der Waals surface area contributed by atoms with Gasteiger partial charge in [0.15, 0.2) is 5.13 Å². The molecule has 7 heteroatoms. The number of aliphatic hydroxyl groups is 1. The van der Waals surface area contributed by atoms with E-state index in [9.17, 15) is 9.90 Å². The van der Waals surface area contributed by atoms with E-state index in [1.807, 2.05) is 7.05 Å². The zero-order valence-corrected chi connectivity index (χ0v) is 22.3. The highest BCUT2D eigenvalue weighted by molar-refractivity contribution is 7.14. The van der Waals surface area contributed by atoms with Gasteiger partial charge in [-0.1, -0.05) is 39.8 Å². The van der Waals surface area contributed by atoms with E-state index in [1.165, 1.54) is 29.5 Å². The van der Waals surface area contributed by atoms with Crippen LogP contribution < -0.4 is 10.2 Å². The number of rotatable bonds is 6. The van der Waals surface area contributed by atoms with Crippen LogP contribution in [0, 0.1) is 0 Å². The summed E-state index contributed by atoms with van der Waals surface area (Å²) >= 11 is 1.71. The fourth-order valence-corrected chi connectivity index (χ4v) is 6.34. The van der Waals surface area contributed by atoms with E-state index in [-0.39, 0.29) is 29.4 Å². The van der Waals surface area contributed by atoms with Gasteiger partial charge in [-0.05, 0) is 60.8 Å². The van der Waals surface area contributed by atoms with Crippen LogP contribution in [0.5, 0.6) is 0 Å². The summed E-state index contributed by atoms with van der Waals surface area (Å²) in [4.78, 5) is 21.7. The van der Waals surface area contributed by atoms with E-state index < -0.39 is 6.04 Å². The van der Waals surface area contributed by atoms with E-state index in [0.717, 1.165) is 36.8 Å². The molecular formula is C27H40N4O2S. The topological polar surface area (TPSA) is 68.7 Å². The zero-order chi connectivity index (χ0) is 24.7. The highest BCUT2D eigenvalue weighted by Crippen LogP contribution is 2.47. The molecule has 186 valence electrons. The molecule has 1 fully saturated rings. The van der Waals surface area contributed by atoms with Gasteiger partial charge >= 0.3 is 0 Å². The first-order valence-electron chi connectivity index (χ1n) is 12.5. The largest absolute Gasteiger partial charge is 0.394 e. The predicted molar refractivity (Wildman–Crippen MR) is 141 cm³/mol. The molecule has 0 bridgehead atoms. The van der Waals surface area contributed by atoms with Crippen molar-refractivity contribution in [3.05, 3.63) is 34.7 Å². The number of likely N-dealkylation sites (N-methyl/N-ethyl adjacent to an activating group) is 2. The highest BCUT2D eigenvalue weighted by atomic mass is 32.1. The third-order valence-corrected chi connectivity index (χ3v) is 9.00. The van der Waals surface area contributed by atoms with E-state index >= 15 is 0 Å².